The molecule has 5 aliphatic rings. The van der Waals surface area contributed by atoms with Crippen LogP contribution in [-0.4, -0.2) is 85.7 Å². The summed E-state index contributed by atoms with van der Waals surface area (Å²) in [6.07, 6.45) is 0.747. The van der Waals surface area contributed by atoms with Crippen LogP contribution in [0.4, 0.5) is 0 Å². The number of amides is 2. The summed E-state index contributed by atoms with van der Waals surface area (Å²) in [7, 11) is 0. The van der Waals surface area contributed by atoms with Gasteiger partial charge in [-0.1, -0.05) is 89.3 Å². The van der Waals surface area contributed by atoms with E-state index in [0.717, 1.165) is 11.1 Å². The van der Waals surface area contributed by atoms with Crippen molar-refractivity contribution in [3.8, 4) is 0 Å². The van der Waals surface area contributed by atoms with E-state index in [-0.39, 0.29) is 67.5 Å². The zero-order valence-corrected chi connectivity index (χ0v) is 29.3. The lowest BCUT2D eigenvalue weighted by Gasteiger charge is -2.33. The first-order valence-corrected chi connectivity index (χ1v) is 17.6. The standard InChI is InChI=1S/C18H16INO6.C18H17NO6/c19-8-11-6-12(17(22)25-11)16-15(20-13(21)7-14(20)26-16)18(23)24-9-10-4-2-1-3-5-10;1-2-6-12(17(21)22)16-15(19-13(20)9-14(19)25-16)18(23)24-10-11-7-4-3-5-8-11/h1-5,11,14-15H,6-9H2;2-5,7-8,14-15H,1,6,9-10H2,(H,21,22)/b2*16-12+/t11?,14-,15?;14-,15?/m11/s1. The third-order valence-electron chi connectivity index (χ3n) is 8.69. The molecule has 51 heavy (non-hydrogen) atoms. The predicted molar refractivity (Wildman–Crippen MR) is 183 cm³/mol. The van der Waals surface area contributed by atoms with Crippen LogP contribution in [0.15, 0.2) is 96.0 Å². The van der Waals surface area contributed by atoms with Gasteiger partial charge in [-0.15, -0.1) is 6.58 Å². The van der Waals surface area contributed by atoms with Crippen LogP contribution in [0.25, 0.3) is 0 Å². The Kier molecular flexibility index (Phi) is 10.7. The minimum Gasteiger partial charge on any atom is -0.478 e. The summed E-state index contributed by atoms with van der Waals surface area (Å²) in [5.41, 5.74) is 1.86. The van der Waals surface area contributed by atoms with E-state index in [4.69, 9.17) is 23.7 Å². The normalized spacial score (nSPS) is 26.5. The molecule has 5 atom stereocenters. The molecule has 2 amide bonds. The first-order chi connectivity index (χ1) is 24.6. The summed E-state index contributed by atoms with van der Waals surface area (Å²) < 4.78 is 27.9. The second kappa shape index (κ2) is 15.4. The van der Waals surface area contributed by atoms with Gasteiger partial charge in [-0.3, -0.25) is 19.4 Å². The molecule has 0 aliphatic carbocycles. The summed E-state index contributed by atoms with van der Waals surface area (Å²) in [4.78, 5) is 75.3. The zero-order chi connectivity index (χ0) is 36.2. The number of hydrogen-bond donors (Lipinski definition) is 1. The maximum absolute atomic E-state index is 12.7. The molecule has 7 rings (SSSR count). The lowest BCUT2D eigenvalue weighted by Crippen LogP contribution is -2.55. The number of rotatable bonds is 10. The number of esters is 3. The topological polar surface area (TPSA) is 175 Å². The van der Waals surface area contributed by atoms with Crippen LogP contribution in [0.1, 0.15) is 36.8 Å². The van der Waals surface area contributed by atoms with Gasteiger partial charge in [0.15, 0.2) is 24.5 Å². The van der Waals surface area contributed by atoms with Crippen molar-refractivity contribution in [2.24, 2.45) is 0 Å². The van der Waals surface area contributed by atoms with Crippen molar-refractivity contribution in [2.75, 3.05) is 4.43 Å². The first-order valence-electron chi connectivity index (χ1n) is 16.0. The summed E-state index contributed by atoms with van der Waals surface area (Å²) in [6.45, 7) is 3.64. The predicted octanol–water partition coefficient (Wildman–Crippen LogP) is 3.29. The molecule has 2 aromatic rings. The lowest BCUT2D eigenvalue weighted by atomic mass is 10.0. The van der Waals surface area contributed by atoms with Crippen LogP contribution in [-0.2, 0) is 65.7 Å². The molecular formula is C36H33IN2O12. The van der Waals surface area contributed by atoms with Crippen LogP contribution in [0.3, 0.4) is 0 Å². The number of carbonyl (C=O) groups is 6. The minimum absolute atomic E-state index is 0.0158. The average molecular weight is 813 g/mol. The third kappa shape index (κ3) is 7.34. The number of carboxylic acids is 1. The van der Waals surface area contributed by atoms with Crippen LogP contribution in [0.2, 0.25) is 0 Å². The van der Waals surface area contributed by atoms with E-state index >= 15 is 0 Å². The van der Waals surface area contributed by atoms with E-state index < -0.39 is 48.4 Å². The highest BCUT2D eigenvalue weighted by Gasteiger charge is 2.57. The number of cyclic esters (lactones) is 1. The van der Waals surface area contributed by atoms with Gasteiger partial charge >= 0.3 is 23.9 Å². The number of aliphatic carboxylic acids is 1. The summed E-state index contributed by atoms with van der Waals surface area (Å²) >= 11 is 2.14. The largest absolute Gasteiger partial charge is 0.478 e. The van der Waals surface area contributed by atoms with Gasteiger partial charge in [-0.25, -0.2) is 19.2 Å². The number of fused-ring (bicyclic) bond motifs is 2. The van der Waals surface area contributed by atoms with Gasteiger partial charge in [0, 0.05) is 17.3 Å². The van der Waals surface area contributed by atoms with Gasteiger partial charge in [-0.05, 0) is 11.1 Å². The zero-order valence-electron chi connectivity index (χ0n) is 27.1. The molecule has 3 unspecified atom stereocenters. The van der Waals surface area contributed by atoms with Crippen molar-refractivity contribution in [3.05, 3.63) is 107 Å². The van der Waals surface area contributed by atoms with Gasteiger partial charge in [0.2, 0.25) is 11.8 Å². The lowest BCUT2D eigenvalue weighted by molar-refractivity contribution is -0.166. The SMILES string of the molecule is C=CC/C(C(=O)O)=C1\O[C@@H]2CC(=O)N2C1C(=O)OCc1ccccc1.O=C1OC(CI)C/C1=C1\O[C@@H]2CC(=O)N2C1C(=O)OCc1ccccc1. The van der Waals surface area contributed by atoms with Crippen LogP contribution in [0, 0.1) is 0 Å². The number of halogens is 1. The van der Waals surface area contributed by atoms with Crippen LogP contribution >= 0.6 is 22.6 Å². The number of β-lactam (4-membered cyclic amide) rings is 2. The molecule has 0 aromatic heterocycles. The summed E-state index contributed by atoms with van der Waals surface area (Å²) in [5.74, 6) is -3.32. The molecule has 266 valence electrons. The average Bonchev–Trinajstić information content (AvgIpc) is 3.77. The Labute approximate surface area is 305 Å². The van der Waals surface area contributed by atoms with E-state index in [2.05, 4.69) is 29.2 Å². The van der Waals surface area contributed by atoms with Crippen molar-refractivity contribution in [3.63, 3.8) is 0 Å². The molecule has 1 N–H and O–H groups in total. The highest BCUT2D eigenvalue weighted by molar-refractivity contribution is 14.1. The number of hydrogen-bond acceptors (Lipinski definition) is 11. The number of ether oxygens (including phenoxy) is 5. The Morgan fingerprint density at radius 2 is 1.33 bits per heavy atom. The van der Waals surface area contributed by atoms with Gasteiger partial charge in [-0.2, -0.15) is 0 Å². The number of carbonyl (C=O) groups excluding carboxylic acids is 5. The highest BCUT2D eigenvalue weighted by atomic mass is 127. The number of nitrogens with zero attached hydrogens (tertiary/aromatic N) is 2. The van der Waals surface area contributed by atoms with Gasteiger partial charge < -0.3 is 28.8 Å². The fourth-order valence-corrected chi connectivity index (χ4v) is 6.61. The third-order valence-corrected chi connectivity index (χ3v) is 9.68. The Morgan fingerprint density at radius 3 is 1.82 bits per heavy atom. The first kappa shape index (κ1) is 35.6. The van der Waals surface area contributed by atoms with Gasteiger partial charge in [0.25, 0.3) is 0 Å². The molecule has 2 aromatic carbocycles. The van der Waals surface area contributed by atoms with Gasteiger partial charge in [0.1, 0.15) is 30.8 Å². The fourth-order valence-electron chi connectivity index (χ4n) is 6.12. The van der Waals surface area contributed by atoms with Crippen molar-refractivity contribution in [1.82, 2.24) is 9.80 Å². The quantitative estimate of drug-likeness (QED) is 0.0707. The van der Waals surface area contributed by atoms with E-state index in [1.165, 1.54) is 15.9 Å². The van der Waals surface area contributed by atoms with E-state index in [1.54, 1.807) is 12.1 Å². The van der Waals surface area contributed by atoms with Gasteiger partial charge in [0.05, 0.1) is 24.0 Å². The van der Waals surface area contributed by atoms with Crippen molar-refractivity contribution >= 4 is 58.3 Å². The summed E-state index contributed by atoms with van der Waals surface area (Å²) in [6, 6.07) is 16.1. The Hall–Kier alpha value is -5.19. The molecule has 0 radical (unpaired) electrons. The second-order valence-corrected chi connectivity index (χ2v) is 12.9. The van der Waals surface area contributed by atoms with Crippen LogP contribution < -0.4 is 0 Å². The molecule has 5 heterocycles. The Morgan fingerprint density at radius 1 is 0.804 bits per heavy atom. The van der Waals surface area contributed by atoms with E-state index in [9.17, 15) is 33.9 Å². The van der Waals surface area contributed by atoms with Crippen molar-refractivity contribution in [2.45, 2.75) is 69.5 Å². The molecule has 0 saturated carbocycles. The molecule has 5 aliphatic heterocycles. The molecule has 14 nitrogen and oxygen atoms in total. The van der Waals surface area contributed by atoms with E-state index in [0.29, 0.717) is 16.4 Å². The molecule has 0 spiro atoms. The van der Waals surface area contributed by atoms with Crippen molar-refractivity contribution in [1.29, 1.82) is 0 Å². The minimum atomic E-state index is -1.22. The van der Waals surface area contributed by atoms with Crippen molar-refractivity contribution < 1.29 is 57.6 Å². The molecule has 0 bridgehead atoms. The molecule has 15 heteroatoms. The maximum atomic E-state index is 12.7. The Bertz CT molecular complexity index is 1810. The number of benzene rings is 2. The summed E-state index contributed by atoms with van der Waals surface area (Å²) in [5, 5.41) is 9.39. The smallest absolute Gasteiger partial charge is 0.337 e. The maximum Gasteiger partial charge on any atom is 0.337 e. The number of allylic oxidation sites excluding steroid dienone is 1. The molecular weight excluding hydrogens is 779 g/mol. The molecule has 5 saturated heterocycles. The van der Waals surface area contributed by atoms with Crippen LogP contribution in [0.5, 0.6) is 0 Å². The number of carboxylic acid groups (broad SMARTS) is 1. The monoisotopic (exact) mass is 812 g/mol. The molecule has 5 fully saturated rings. The second-order valence-electron chi connectivity index (χ2n) is 12.0. The van der Waals surface area contributed by atoms with E-state index in [1.807, 2.05) is 48.5 Å². The highest BCUT2D eigenvalue weighted by Crippen LogP contribution is 2.41. The Balaban J connectivity index is 0.000000176. The fraction of sp³-hybridized carbons (Fsp3) is 0.333. The number of alkyl halides is 1.